The van der Waals surface area contributed by atoms with E-state index >= 15 is 0 Å². The highest BCUT2D eigenvalue weighted by Crippen LogP contribution is 2.18. The predicted octanol–water partition coefficient (Wildman–Crippen LogP) is 3.82. The van der Waals surface area contributed by atoms with E-state index in [4.69, 9.17) is 0 Å². The van der Waals surface area contributed by atoms with Gasteiger partial charge in [-0.05, 0) is 18.8 Å². The van der Waals surface area contributed by atoms with Gasteiger partial charge in [-0.3, -0.25) is 0 Å². The Hall–Kier alpha value is 0. The first-order chi connectivity index (χ1) is 4.85. The average Bonchev–Trinajstić information content (AvgIpc) is 1.90. The number of hydrogen-bond donors (Lipinski definition) is 0. The minimum atomic E-state index is 0.972. The molecule has 0 N–H and O–H groups in total. The second kappa shape index (κ2) is 7.11. The number of rotatable bonds is 6. The molecular formula is C10H21. The molecule has 10 heavy (non-hydrogen) atoms. The Kier molecular flexibility index (Phi) is 7.11. The van der Waals surface area contributed by atoms with Crippen molar-refractivity contribution in [1.82, 2.24) is 0 Å². The lowest BCUT2D eigenvalue weighted by Crippen LogP contribution is -1.98. The van der Waals surface area contributed by atoms with Gasteiger partial charge in [-0.1, -0.05) is 46.5 Å². The van der Waals surface area contributed by atoms with Crippen molar-refractivity contribution in [3.8, 4) is 0 Å². The molecule has 0 amide bonds. The molecule has 0 aromatic carbocycles. The van der Waals surface area contributed by atoms with Crippen LogP contribution in [-0.2, 0) is 0 Å². The maximum absolute atomic E-state index is 2.30. The molecule has 0 heterocycles. The van der Waals surface area contributed by atoms with E-state index in [1.807, 2.05) is 0 Å². The second-order valence-electron chi connectivity index (χ2n) is 3.09. The highest BCUT2D eigenvalue weighted by Gasteiger charge is 2.03. The molecular weight excluding hydrogens is 120 g/mol. The fraction of sp³-hybridized carbons (Fsp3) is 0.900. The van der Waals surface area contributed by atoms with Gasteiger partial charge in [0.25, 0.3) is 0 Å². The molecule has 0 aromatic heterocycles. The van der Waals surface area contributed by atoms with Gasteiger partial charge in [0.15, 0.2) is 0 Å². The van der Waals surface area contributed by atoms with Crippen molar-refractivity contribution < 1.29 is 0 Å². The Morgan fingerprint density at radius 3 is 1.90 bits per heavy atom. The van der Waals surface area contributed by atoms with E-state index < -0.39 is 0 Å². The summed E-state index contributed by atoms with van der Waals surface area (Å²) >= 11 is 0. The lowest BCUT2D eigenvalue weighted by atomic mass is 9.94. The van der Waals surface area contributed by atoms with Gasteiger partial charge in [-0.2, -0.15) is 0 Å². The Morgan fingerprint density at radius 1 is 1.10 bits per heavy atom. The lowest BCUT2D eigenvalue weighted by molar-refractivity contribution is 0.435. The van der Waals surface area contributed by atoms with E-state index in [-0.39, 0.29) is 0 Å². The van der Waals surface area contributed by atoms with Crippen LogP contribution >= 0.6 is 0 Å². The second-order valence-corrected chi connectivity index (χ2v) is 3.09. The Balaban J connectivity index is 3.30. The zero-order chi connectivity index (χ0) is 7.82. The summed E-state index contributed by atoms with van der Waals surface area (Å²) in [4.78, 5) is 0. The SMILES string of the molecule is C[CH]CC(CCC)CCC. The van der Waals surface area contributed by atoms with Crippen LogP contribution in [0.3, 0.4) is 0 Å². The van der Waals surface area contributed by atoms with Gasteiger partial charge in [0.2, 0.25) is 0 Å². The van der Waals surface area contributed by atoms with E-state index in [9.17, 15) is 0 Å². The van der Waals surface area contributed by atoms with Crippen LogP contribution in [-0.4, -0.2) is 0 Å². The molecule has 0 bridgehead atoms. The monoisotopic (exact) mass is 141 g/mol. The Bertz CT molecular complexity index is 42.8. The van der Waals surface area contributed by atoms with Crippen molar-refractivity contribution in [3.05, 3.63) is 6.42 Å². The van der Waals surface area contributed by atoms with Crippen LogP contribution in [0.4, 0.5) is 0 Å². The molecule has 0 aromatic rings. The predicted molar refractivity (Wildman–Crippen MR) is 47.9 cm³/mol. The molecule has 0 saturated heterocycles. The van der Waals surface area contributed by atoms with Crippen molar-refractivity contribution in [3.63, 3.8) is 0 Å². The normalized spacial score (nSPS) is 10.8. The largest absolute Gasteiger partial charge is 0.0654 e. The fourth-order valence-electron chi connectivity index (χ4n) is 1.53. The first-order valence-electron chi connectivity index (χ1n) is 4.62. The van der Waals surface area contributed by atoms with Crippen LogP contribution in [0.25, 0.3) is 0 Å². The molecule has 0 aliphatic heterocycles. The van der Waals surface area contributed by atoms with Crippen LogP contribution in [0.2, 0.25) is 0 Å². The van der Waals surface area contributed by atoms with E-state index in [1.54, 1.807) is 0 Å². The lowest BCUT2D eigenvalue weighted by Gasteiger charge is -2.12. The topological polar surface area (TPSA) is 0 Å². The summed E-state index contributed by atoms with van der Waals surface area (Å²) in [5.41, 5.74) is 0. The highest BCUT2D eigenvalue weighted by atomic mass is 14.1. The minimum absolute atomic E-state index is 0.972. The van der Waals surface area contributed by atoms with E-state index in [2.05, 4.69) is 27.2 Å². The van der Waals surface area contributed by atoms with E-state index in [0.29, 0.717) is 0 Å². The van der Waals surface area contributed by atoms with Crippen LogP contribution < -0.4 is 0 Å². The molecule has 0 aliphatic rings. The maximum atomic E-state index is 2.30. The zero-order valence-corrected chi connectivity index (χ0v) is 7.69. The summed E-state index contributed by atoms with van der Waals surface area (Å²) in [6.45, 7) is 6.72. The van der Waals surface area contributed by atoms with Gasteiger partial charge in [0.05, 0.1) is 0 Å². The van der Waals surface area contributed by atoms with Gasteiger partial charge in [-0.15, -0.1) is 0 Å². The summed E-state index contributed by atoms with van der Waals surface area (Å²) in [5, 5.41) is 0. The number of hydrogen-bond acceptors (Lipinski definition) is 0. The molecule has 0 spiro atoms. The van der Waals surface area contributed by atoms with Gasteiger partial charge in [0.1, 0.15) is 0 Å². The maximum Gasteiger partial charge on any atom is -0.0412 e. The van der Waals surface area contributed by atoms with Crippen LogP contribution in [0.1, 0.15) is 52.9 Å². The van der Waals surface area contributed by atoms with Crippen LogP contribution in [0.15, 0.2) is 0 Å². The first-order valence-corrected chi connectivity index (χ1v) is 4.62. The van der Waals surface area contributed by atoms with Crippen molar-refractivity contribution in [2.24, 2.45) is 5.92 Å². The van der Waals surface area contributed by atoms with Crippen LogP contribution in [0, 0.1) is 12.3 Å². The molecule has 0 heteroatoms. The molecule has 1 radical (unpaired) electrons. The summed E-state index contributed by atoms with van der Waals surface area (Å²) in [7, 11) is 0. The van der Waals surface area contributed by atoms with Crippen molar-refractivity contribution in [2.45, 2.75) is 52.9 Å². The molecule has 61 valence electrons. The molecule has 0 rings (SSSR count). The highest BCUT2D eigenvalue weighted by molar-refractivity contribution is 4.65. The molecule has 0 saturated carbocycles. The van der Waals surface area contributed by atoms with E-state index in [0.717, 1.165) is 5.92 Å². The van der Waals surface area contributed by atoms with Gasteiger partial charge in [-0.25, -0.2) is 0 Å². The first kappa shape index (κ1) is 10.0. The van der Waals surface area contributed by atoms with Crippen LogP contribution in [0.5, 0.6) is 0 Å². The average molecular weight is 141 g/mol. The summed E-state index contributed by atoms with van der Waals surface area (Å²) in [6.07, 6.45) is 9.14. The van der Waals surface area contributed by atoms with Crippen molar-refractivity contribution in [2.75, 3.05) is 0 Å². The summed E-state index contributed by atoms with van der Waals surface area (Å²) in [5.74, 6) is 0.972. The molecule has 0 unspecified atom stereocenters. The third-order valence-corrected chi connectivity index (χ3v) is 1.96. The molecule has 0 nitrogen and oxygen atoms in total. The quantitative estimate of drug-likeness (QED) is 0.527. The standard InChI is InChI=1S/C10H21/c1-4-7-10(8-5-2)9-6-3/h4,10H,5-9H2,1-3H3. The fourth-order valence-corrected chi connectivity index (χ4v) is 1.53. The van der Waals surface area contributed by atoms with Crippen molar-refractivity contribution in [1.29, 1.82) is 0 Å². The smallest absolute Gasteiger partial charge is 0.0412 e. The summed E-state index contributed by atoms with van der Waals surface area (Å²) in [6, 6.07) is 0. The molecule has 0 aliphatic carbocycles. The Morgan fingerprint density at radius 2 is 1.60 bits per heavy atom. The van der Waals surface area contributed by atoms with Gasteiger partial charge in [0, 0.05) is 0 Å². The van der Waals surface area contributed by atoms with Gasteiger partial charge < -0.3 is 0 Å². The minimum Gasteiger partial charge on any atom is -0.0654 e. The third-order valence-electron chi connectivity index (χ3n) is 1.96. The van der Waals surface area contributed by atoms with Gasteiger partial charge >= 0.3 is 0 Å². The third kappa shape index (κ3) is 4.84. The van der Waals surface area contributed by atoms with E-state index in [1.165, 1.54) is 32.1 Å². The molecule has 0 atom stereocenters. The Labute approximate surface area is 66.0 Å². The molecule has 0 fully saturated rings. The van der Waals surface area contributed by atoms with Crippen molar-refractivity contribution >= 4 is 0 Å². The zero-order valence-electron chi connectivity index (χ0n) is 7.69. The summed E-state index contributed by atoms with van der Waals surface area (Å²) < 4.78 is 0.